The fourth-order valence-corrected chi connectivity index (χ4v) is 2.53. The summed E-state index contributed by atoms with van der Waals surface area (Å²) < 4.78 is 10.2. The van der Waals surface area contributed by atoms with Crippen LogP contribution in [0.15, 0.2) is 29.6 Å². The van der Waals surface area contributed by atoms with Crippen molar-refractivity contribution in [3.05, 3.63) is 35.3 Å². The van der Waals surface area contributed by atoms with Gasteiger partial charge in [0.15, 0.2) is 5.13 Å². The van der Waals surface area contributed by atoms with E-state index in [1.165, 1.54) is 18.4 Å². The molecule has 0 fully saturated rings. The molecule has 0 unspecified atom stereocenters. The van der Waals surface area contributed by atoms with Gasteiger partial charge in [-0.2, -0.15) is 0 Å². The quantitative estimate of drug-likeness (QED) is 0.795. The first kappa shape index (κ1) is 15.3. The molecule has 0 saturated carbocycles. The van der Waals surface area contributed by atoms with Gasteiger partial charge in [0.05, 0.1) is 31.5 Å². The SMILES string of the molecule is CCOc1ccccc1Nc1nc(CCC(=O)OC)cs1. The summed E-state index contributed by atoms with van der Waals surface area (Å²) in [6, 6.07) is 7.73. The van der Waals surface area contributed by atoms with Crippen LogP contribution in [-0.2, 0) is 16.0 Å². The summed E-state index contributed by atoms with van der Waals surface area (Å²) in [6.45, 7) is 2.56. The highest BCUT2D eigenvalue weighted by atomic mass is 32.1. The number of benzene rings is 1. The Morgan fingerprint density at radius 3 is 2.95 bits per heavy atom. The summed E-state index contributed by atoms with van der Waals surface area (Å²) in [7, 11) is 1.39. The highest BCUT2D eigenvalue weighted by Crippen LogP contribution is 2.29. The molecule has 0 atom stereocenters. The molecule has 0 amide bonds. The third-order valence-corrected chi connectivity index (χ3v) is 3.60. The molecule has 1 N–H and O–H groups in total. The van der Waals surface area contributed by atoms with Crippen LogP contribution in [0, 0.1) is 0 Å². The molecule has 1 heterocycles. The van der Waals surface area contributed by atoms with Crippen molar-refractivity contribution >= 4 is 28.1 Å². The van der Waals surface area contributed by atoms with E-state index in [2.05, 4.69) is 15.0 Å². The van der Waals surface area contributed by atoms with Crippen molar-refractivity contribution in [1.82, 2.24) is 4.98 Å². The zero-order chi connectivity index (χ0) is 15.1. The minimum Gasteiger partial charge on any atom is -0.492 e. The lowest BCUT2D eigenvalue weighted by molar-refractivity contribution is -0.140. The number of aromatic nitrogens is 1. The largest absolute Gasteiger partial charge is 0.492 e. The molecular weight excluding hydrogens is 288 g/mol. The van der Waals surface area contributed by atoms with Gasteiger partial charge >= 0.3 is 5.97 Å². The Morgan fingerprint density at radius 2 is 2.19 bits per heavy atom. The molecule has 0 radical (unpaired) electrons. The average Bonchev–Trinajstić information content (AvgIpc) is 2.94. The molecule has 0 saturated heterocycles. The molecule has 0 aliphatic carbocycles. The number of hydrogen-bond donors (Lipinski definition) is 1. The van der Waals surface area contributed by atoms with Gasteiger partial charge in [0.25, 0.3) is 0 Å². The topological polar surface area (TPSA) is 60.5 Å². The summed E-state index contributed by atoms with van der Waals surface area (Å²) in [6.07, 6.45) is 0.924. The number of carbonyl (C=O) groups excluding carboxylic acids is 1. The fraction of sp³-hybridized carbons (Fsp3) is 0.333. The monoisotopic (exact) mass is 306 g/mol. The van der Waals surface area contributed by atoms with E-state index in [-0.39, 0.29) is 5.97 Å². The van der Waals surface area contributed by atoms with Crippen molar-refractivity contribution < 1.29 is 14.3 Å². The Kier molecular flexibility index (Phi) is 5.57. The summed E-state index contributed by atoms with van der Waals surface area (Å²) in [5.41, 5.74) is 1.76. The van der Waals surface area contributed by atoms with Gasteiger partial charge in [0.1, 0.15) is 5.75 Å². The third kappa shape index (κ3) is 4.46. The van der Waals surface area contributed by atoms with Crippen molar-refractivity contribution in [3.63, 3.8) is 0 Å². The number of thiazole rings is 1. The number of methoxy groups -OCH3 is 1. The Bertz CT molecular complexity index is 598. The van der Waals surface area contributed by atoms with E-state index in [9.17, 15) is 4.79 Å². The number of rotatable bonds is 7. The summed E-state index contributed by atoms with van der Waals surface area (Å²) in [5.74, 6) is 0.575. The molecule has 6 heteroatoms. The molecular formula is C15H18N2O3S. The highest BCUT2D eigenvalue weighted by Gasteiger charge is 2.08. The smallest absolute Gasteiger partial charge is 0.305 e. The van der Waals surface area contributed by atoms with Gasteiger partial charge in [0, 0.05) is 11.8 Å². The van der Waals surface area contributed by atoms with Crippen LogP contribution in [0.4, 0.5) is 10.8 Å². The van der Waals surface area contributed by atoms with Gasteiger partial charge in [-0.05, 0) is 19.1 Å². The molecule has 21 heavy (non-hydrogen) atoms. The van der Waals surface area contributed by atoms with E-state index in [1.807, 2.05) is 36.6 Å². The number of para-hydroxylation sites is 2. The second kappa shape index (κ2) is 7.64. The summed E-state index contributed by atoms with van der Waals surface area (Å²) in [4.78, 5) is 15.6. The highest BCUT2D eigenvalue weighted by molar-refractivity contribution is 7.13. The maximum atomic E-state index is 11.1. The molecule has 5 nitrogen and oxygen atoms in total. The maximum absolute atomic E-state index is 11.1. The molecule has 0 aliphatic rings. The summed E-state index contributed by atoms with van der Waals surface area (Å²) in [5, 5.41) is 5.96. The molecule has 1 aromatic carbocycles. The van der Waals surface area contributed by atoms with E-state index in [1.54, 1.807) is 0 Å². The maximum Gasteiger partial charge on any atom is 0.305 e. The van der Waals surface area contributed by atoms with E-state index in [0.29, 0.717) is 19.4 Å². The van der Waals surface area contributed by atoms with Crippen LogP contribution >= 0.6 is 11.3 Å². The number of anilines is 2. The first-order chi connectivity index (χ1) is 10.2. The van der Waals surface area contributed by atoms with Crippen LogP contribution in [0.5, 0.6) is 5.75 Å². The lowest BCUT2D eigenvalue weighted by Crippen LogP contribution is -2.02. The van der Waals surface area contributed by atoms with E-state index < -0.39 is 0 Å². The molecule has 1 aromatic heterocycles. The number of hydrogen-bond acceptors (Lipinski definition) is 6. The van der Waals surface area contributed by atoms with E-state index in [4.69, 9.17) is 4.74 Å². The first-order valence-electron chi connectivity index (χ1n) is 6.73. The zero-order valence-corrected chi connectivity index (χ0v) is 12.9. The molecule has 112 valence electrons. The second-order valence-electron chi connectivity index (χ2n) is 4.27. The zero-order valence-electron chi connectivity index (χ0n) is 12.1. The molecule has 2 rings (SSSR count). The van der Waals surface area contributed by atoms with Crippen molar-refractivity contribution in [2.24, 2.45) is 0 Å². The standard InChI is InChI=1S/C15H18N2O3S/c1-3-20-13-7-5-4-6-12(13)17-15-16-11(10-21-15)8-9-14(18)19-2/h4-7,10H,3,8-9H2,1-2H3,(H,16,17). The second-order valence-corrected chi connectivity index (χ2v) is 5.13. The Labute approximate surface area is 127 Å². The number of ether oxygens (including phenoxy) is 2. The number of esters is 1. The van der Waals surface area contributed by atoms with Gasteiger partial charge in [-0.15, -0.1) is 11.3 Å². The molecule has 2 aromatic rings. The Balaban J connectivity index is 2.00. The van der Waals surface area contributed by atoms with Crippen LogP contribution < -0.4 is 10.1 Å². The van der Waals surface area contributed by atoms with Gasteiger partial charge in [-0.25, -0.2) is 4.98 Å². The average molecular weight is 306 g/mol. The number of nitrogens with one attached hydrogen (secondary N) is 1. The van der Waals surface area contributed by atoms with Gasteiger partial charge in [0.2, 0.25) is 0 Å². The third-order valence-electron chi connectivity index (χ3n) is 2.79. The van der Waals surface area contributed by atoms with E-state index in [0.717, 1.165) is 22.3 Å². The first-order valence-corrected chi connectivity index (χ1v) is 7.61. The number of aryl methyl sites for hydroxylation is 1. The minimum absolute atomic E-state index is 0.223. The van der Waals surface area contributed by atoms with Crippen molar-refractivity contribution in [1.29, 1.82) is 0 Å². The van der Waals surface area contributed by atoms with Crippen LogP contribution in [0.2, 0.25) is 0 Å². The lowest BCUT2D eigenvalue weighted by atomic mass is 10.2. The van der Waals surface area contributed by atoms with Crippen molar-refractivity contribution in [2.75, 3.05) is 19.0 Å². The van der Waals surface area contributed by atoms with Crippen LogP contribution in [0.1, 0.15) is 19.0 Å². The van der Waals surface area contributed by atoms with E-state index >= 15 is 0 Å². The molecule has 0 bridgehead atoms. The number of nitrogens with zero attached hydrogens (tertiary/aromatic N) is 1. The predicted molar refractivity (Wildman–Crippen MR) is 83.3 cm³/mol. The van der Waals surface area contributed by atoms with Gasteiger partial charge in [-0.1, -0.05) is 12.1 Å². The Morgan fingerprint density at radius 1 is 1.38 bits per heavy atom. The van der Waals surface area contributed by atoms with Crippen molar-refractivity contribution in [2.45, 2.75) is 19.8 Å². The molecule has 0 aliphatic heterocycles. The lowest BCUT2D eigenvalue weighted by Gasteiger charge is -2.09. The molecule has 0 spiro atoms. The van der Waals surface area contributed by atoms with Gasteiger partial charge < -0.3 is 14.8 Å². The fourth-order valence-electron chi connectivity index (χ4n) is 1.78. The summed E-state index contributed by atoms with van der Waals surface area (Å²) >= 11 is 1.50. The van der Waals surface area contributed by atoms with Crippen LogP contribution in [0.3, 0.4) is 0 Å². The Hall–Kier alpha value is -2.08. The minimum atomic E-state index is -0.223. The van der Waals surface area contributed by atoms with Gasteiger partial charge in [-0.3, -0.25) is 4.79 Å². The predicted octanol–water partition coefficient (Wildman–Crippen LogP) is 3.39. The normalized spacial score (nSPS) is 10.2. The van der Waals surface area contributed by atoms with Crippen LogP contribution in [0.25, 0.3) is 0 Å². The van der Waals surface area contributed by atoms with Crippen molar-refractivity contribution in [3.8, 4) is 5.75 Å². The number of carbonyl (C=O) groups is 1. The van der Waals surface area contributed by atoms with Crippen LogP contribution in [-0.4, -0.2) is 24.7 Å².